The minimum absolute atomic E-state index is 0.562. The van der Waals surface area contributed by atoms with Gasteiger partial charge in [-0.3, -0.25) is 4.57 Å². The molecule has 0 aliphatic rings. The Labute approximate surface area is 153 Å². The fraction of sp³-hybridized carbons (Fsp3) is 0.0556. The molecule has 2 heterocycles. The normalized spacial score (nSPS) is 10.9. The topological polar surface area (TPSA) is 56.7 Å². The summed E-state index contributed by atoms with van der Waals surface area (Å²) in [6.45, 7) is 0. The van der Waals surface area contributed by atoms with E-state index in [1.165, 1.54) is 11.8 Å². The van der Waals surface area contributed by atoms with Gasteiger partial charge in [-0.15, -0.1) is 10.2 Å². The average Bonchev–Trinajstić information content (AvgIpc) is 3.30. The molecule has 0 atom stereocenters. The summed E-state index contributed by atoms with van der Waals surface area (Å²) in [5.41, 5.74) is 1.92. The standard InChI is InChI=1S/C18H13ClN4OS/c19-14-6-4-5-13(9-14)16-10-20-17(24-16)11-25-18-22-21-12-23(18)15-7-2-1-3-8-15/h1-10,12H,11H2. The highest BCUT2D eigenvalue weighted by Gasteiger charge is 2.11. The molecule has 0 radical (unpaired) electrons. The zero-order chi connectivity index (χ0) is 17.1. The third-order valence-electron chi connectivity index (χ3n) is 3.54. The van der Waals surface area contributed by atoms with E-state index < -0.39 is 0 Å². The van der Waals surface area contributed by atoms with Gasteiger partial charge in [-0.2, -0.15) is 0 Å². The van der Waals surface area contributed by atoms with E-state index in [4.69, 9.17) is 16.0 Å². The van der Waals surface area contributed by atoms with Crippen molar-refractivity contribution in [2.45, 2.75) is 10.9 Å². The van der Waals surface area contributed by atoms with Crippen molar-refractivity contribution >= 4 is 23.4 Å². The number of nitrogens with zero attached hydrogens (tertiary/aromatic N) is 4. The number of thioether (sulfide) groups is 1. The van der Waals surface area contributed by atoms with Crippen molar-refractivity contribution in [2.75, 3.05) is 0 Å². The Morgan fingerprint density at radius 3 is 2.80 bits per heavy atom. The molecular formula is C18H13ClN4OS. The van der Waals surface area contributed by atoms with Crippen LogP contribution in [0.4, 0.5) is 0 Å². The molecule has 0 saturated heterocycles. The largest absolute Gasteiger partial charge is 0.440 e. The number of hydrogen-bond acceptors (Lipinski definition) is 5. The highest BCUT2D eigenvalue weighted by Crippen LogP contribution is 2.27. The van der Waals surface area contributed by atoms with Crippen molar-refractivity contribution in [3.63, 3.8) is 0 Å². The zero-order valence-electron chi connectivity index (χ0n) is 13.0. The molecule has 7 heteroatoms. The first-order valence-electron chi connectivity index (χ1n) is 7.58. The Morgan fingerprint density at radius 1 is 1.08 bits per heavy atom. The molecule has 124 valence electrons. The van der Waals surface area contributed by atoms with Crippen LogP contribution >= 0.6 is 23.4 Å². The van der Waals surface area contributed by atoms with E-state index in [1.807, 2.05) is 59.2 Å². The number of rotatable bonds is 5. The van der Waals surface area contributed by atoms with Gasteiger partial charge in [0, 0.05) is 16.3 Å². The molecule has 5 nitrogen and oxygen atoms in total. The first-order chi connectivity index (χ1) is 12.3. The number of oxazole rings is 1. The summed E-state index contributed by atoms with van der Waals surface area (Å²) in [7, 11) is 0. The van der Waals surface area contributed by atoms with Crippen molar-refractivity contribution in [3.8, 4) is 17.0 Å². The Morgan fingerprint density at radius 2 is 1.96 bits per heavy atom. The number of benzene rings is 2. The van der Waals surface area contributed by atoms with Gasteiger partial charge in [0.05, 0.1) is 11.9 Å². The molecule has 4 rings (SSSR count). The highest BCUT2D eigenvalue weighted by atomic mass is 35.5. The summed E-state index contributed by atoms with van der Waals surface area (Å²) in [4.78, 5) is 4.34. The SMILES string of the molecule is Clc1cccc(-c2cnc(CSc3nncn3-c3ccccc3)o2)c1. The van der Waals surface area contributed by atoms with Gasteiger partial charge in [-0.25, -0.2) is 4.98 Å². The third kappa shape index (κ3) is 3.60. The molecule has 0 bridgehead atoms. The molecule has 0 unspecified atom stereocenters. The number of para-hydroxylation sites is 1. The minimum atomic E-state index is 0.562. The first kappa shape index (κ1) is 15.9. The van der Waals surface area contributed by atoms with E-state index in [-0.39, 0.29) is 0 Å². The maximum absolute atomic E-state index is 6.02. The maximum atomic E-state index is 6.02. The summed E-state index contributed by atoms with van der Waals surface area (Å²) < 4.78 is 7.76. The second-order valence-electron chi connectivity index (χ2n) is 5.24. The van der Waals surface area contributed by atoms with Crippen LogP contribution < -0.4 is 0 Å². The lowest BCUT2D eigenvalue weighted by Gasteiger charge is -2.04. The Bertz CT molecular complexity index is 983. The van der Waals surface area contributed by atoms with Crippen LogP contribution in [-0.4, -0.2) is 19.7 Å². The van der Waals surface area contributed by atoms with Gasteiger partial charge in [-0.05, 0) is 24.3 Å². The molecule has 0 aliphatic carbocycles. The van der Waals surface area contributed by atoms with Gasteiger partial charge >= 0.3 is 0 Å². The van der Waals surface area contributed by atoms with E-state index in [0.29, 0.717) is 22.4 Å². The van der Waals surface area contributed by atoms with Crippen LogP contribution in [0.2, 0.25) is 5.02 Å². The van der Waals surface area contributed by atoms with Crippen LogP contribution in [0.25, 0.3) is 17.0 Å². The molecule has 0 spiro atoms. The van der Waals surface area contributed by atoms with E-state index >= 15 is 0 Å². The first-order valence-corrected chi connectivity index (χ1v) is 8.95. The Hall–Kier alpha value is -2.57. The molecule has 2 aromatic heterocycles. The van der Waals surface area contributed by atoms with Crippen molar-refractivity contribution in [1.82, 2.24) is 19.7 Å². The lowest BCUT2D eigenvalue weighted by atomic mass is 10.2. The molecule has 0 saturated carbocycles. The number of halogens is 1. The van der Waals surface area contributed by atoms with Crippen LogP contribution in [0.5, 0.6) is 0 Å². The molecule has 0 N–H and O–H groups in total. The predicted octanol–water partition coefficient (Wildman–Crippen LogP) is 4.87. The van der Waals surface area contributed by atoms with Crippen LogP contribution in [0.1, 0.15) is 5.89 Å². The number of hydrogen-bond donors (Lipinski definition) is 0. The predicted molar refractivity (Wildman–Crippen MR) is 97.9 cm³/mol. The fourth-order valence-corrected chi connectivity index (χ4v) is 3.34. The molecular weight excluding hydrogens is 356 g/mol. The summed E-state index contributed by atoms with van der Waals surface area (Å²) in [5.74, 6) is 1.89. The molecule has 0 fully saturated rings. The lowest BCUT2D eigenvalue weighted by Crippen LogP contribution is -1.94. The second kappa shape index (κ2) is 7.13. The zero-order valence-corrected chi connectivity index (χ0v) is 14.6. The molecule has 0 amide bonds. The van der Waals surface area contributed by atoms with Crippen molar-refractivity contribution in [2.24, 2.45) is 0 Å². The molecule has 4 aromatic rings. The monoisotopic (exact) mass is 368 g/mol. The molecule has 0 aliphatic heterocycles. The Kier molecular flexibility index (Phi) is 4.54. The Balaban J connectivity index is 1.49. The quantitative estimate of drug-likeness (QED) is 0.470. The van der Waals surface area contributed by atoms with Gasteiger partial charge in [-0.1, -0.05) is 53.7 Å². The van der Waals surface area contributed by atoms with Gasteiger partial charge in [0.25, 0.3) is 0 Å². The van der Waals surface area contributed by atoms with Gasteiger partial charge in [0.15, 0.2) is 10.9 Å². The number of aromatic nitrogens is 4. The van der Waals surface area contributed by atoms with Gasteiger partial charge in [0.2, 0.25) is 5.89 Å². The van der Waals surface area contributed by atoms with Gasteiger partial charge < -0.3 is 4.42 Å². The van der Waals surface area contributed by atoms with E-state index in [2.05, 4.69) is 15.2 Å². The third-order valence-corrected chi connectivity index (χ3v) is 4.70. The van der Waals surface area contributed by atoms with E-state index in [1.54, 1.807) is 12.5 Å². The van der Waals surface area contributed by atoms with Crippen LogP contribution in [0.15, 0.2) is 76.7 Å². The summed E-state index contributed by atoms with van der Waals surface area (Å²) in [6, 6.07) is 17.5. The van der Waals surface area contributed by atoms with Crippen LogP contribution in [0.3, 0.4) is 0 Å². The molecule has 2 aromatic carbocycles. The van der Waals surface area contributed by atoms with Crippen LogP contribution in [0, 0.1) is 0 Å². The summed E-state index contributed by atoms with van der Waals surface area (Å²) in [5, 5.41) is 9.63. The minimum Gasteiger partial charge on any atom is -0.440 e. The van der Waals surface area contributed by atoms with Gasteiger partial charge in [0.1, 0.15) is 6.33 Å². The smallest absolute Gasteiger partial charge is 0.205 e. The average molecular weight is 369 g/mol. The van der Waals surface area contributed by atoms with Crippen molar-refractivity contribution in [3.05, 3.63) is 78.0 Å². The lowest BCUT2D eigenvalue weighted by molar-refractivity contribution is 0.529. The summed E-state index contributed by atoms with van der Waals surface area (Å²) >= 11 is 7.54. The van der Waals surface area contributed by atoms with Crippen molar-refractivity contribution < 1.29 is 4.42 Å². The fourth-order valence-electron chi connectivity index (χ4n) is 2.37. The van der Waals surface area contributed by atoms with E-state index in [0.717, 1.165) is 16.4 Å². The maximum Gasteiger partial charge on any atom is 0.205 e. The van der Waals surface area contributed by atoms with E-state index in [9.17, 15) is 0 Å². The van der Waals surface area contributed by atoms with Crippen LogP contribution in [-0.2, 0) is 5.75 Å². The summed E-state index contributed by atoms with van der Waals surface area (Å²) in [6.07, 6.45) is 3.41. The molecule has 25 heavy (non-hydrogen) atoms. The highest BCUT2D eigenvalue weighted by molar-refractivity contribution is 7.98. The van der Waals surface area contributed by atoms with Crippen molar-refractivity contribution in [1.29, 1.82) is 0 Å². The second-order valence-corrected chi connectivity index (χ2v) is 6.62.